The molecule has 1 radical (unpaired) electrons. The van der Waals surface area contributed by atoms with Gasteiger partial charge in [0.15, 0.2) is 0 Å². The van der Waals surface area contributed by atoms with Crippen LogP contribution in [0.2, 0.25) is 0 Å². The minimum atomic E-state index is 1.11. The van der Waals surface area contributed by atoms with E-state index in [0.29, 0.717) is 0 Å². The van der Waals surface area contributed by atoms with Gasteiger partial charge in [0.25, 0.3) is 0 Å². The molecule has 0 bridgehead atoms. The molecule has 0 saturated heterocycles. The molecule has 0 amide bonds. The molecule has 0 nitrogen and oxygen atoms in total. The summed E-state index contributed by atoms with van der Waals surface area (Å²) in [5.41, 5.74) is 3.49. The molecule has 0 aliphatic carbocycles. The molecule has 0 N–H and O–H groups in total. The molecule has 0 heteroatoms. The highest BCUT2D eigenvalue weighted by atomic mass is 14.0. The Morgan fingerprint density at radius 2 is 2.30 bits per heavy atom. The highest BCUT2D eigenvalue weighted by Gasteiger charge is 1.94. The van der Waals surface area contributed by atoms with Gasteiger partial charge in [-0.1, -0.05) is 30.4 Å². The Hall–Kier alpha value is -1.04. The van der Waals surface area contributed by atoms with Gasteiger partial charge in [0.05, 0.1) is 0 Å². The molecule has 51 valence electrons. The third-order valence-corrected chi connectivity index (χ3v) is 1.52. The monoisotopic (exact) mass is 131 g/mol. The van der Waals surface area contributed by atoms with Crippen LogP contribution < -0.4 is 0 Å². The van der Waals surface area contributed by atoms with E-state index in [1.165, 1.54) is 11.1 Å². The van der Waals surface area contributed by atoms with Gasteiger partial charge in [0.1, 0.15) is 0 Å². The number of rotatable bonds is 1. The second-order valence-corrected chi connectivity index (χ2v) is 2.49. The first-order valence-corrected chi connectivity index (χ1v) is 3.35. The molecule has 1 aromatic carbocycles. The van der Waals surface area contributed by atoms with Crippen LogP contribution in [-0.2, 0) is 0 Å². The standard InChI is InChI=1S/C10H11/c1-8(2)10-7-5-4-6-9(10)3/h4-5,7H,1H2,2-3H3. The lowest BCUT2D eigenvalue weighted by atomic mass is 10.0. The molecule has 1 aromatic rings. The van der Waals surface area contributed by atoms with Crippen LogP contribution in [0.4, 0.5) is 0 Å². The van der Waals surface area contributed by atoms with Crippen LogP contribution in [0.15, 0.2) is 24.8 Å². The minimum absolute atomic E-state index is 1.11. The topological polar surface area (TPSA) is 0 Å². The number of benzene rings is 1. The van der Waals surface area contributed by atoms with E-state index in [1.54, 1.807) is 0 Å². The van der Waals surface area contributed by atoms with Crippen molar-refractivity contribution >= 4 is 5.57 Å². The highest BCUT2D eigenvalue weighted by Crippen LogP contribution is 2.14. The molecule has 0 atom stereocenters. The van der Waals surface area contributed by atoms with Crippen molar-refractivity contribution < 1.29 is 0 Å². The smallest absolute Gasteiger partial charge is 0.0146 e. The van der Waals surface area contributed by atoms with Gasteiger partial charge in [-0.25, -0.2) is 0 Å². The zero-order valence-electron chi connectivity index (χ0n) is 6.44. The predicted octanol–water partition coefficient (Wildman–Crippen LogP) is 2.83. The Bertz CT molecular complexity index is 246. The third kappa shape index (κ3) is 1.27. The maximum atomic E-state index is 3.87. The first kappa shape index (κ1) is 7.07. The molecular formula is C10H11. The molecule has 0 unspecified atom stereocenters. The summed E-state index contributed by atoms with van der Waals surface area (Å²) in [6.07, 6.45) is 0. The number of hydrogen-bond acceptors (Lipinski definition) is 0. The lowest BCUT2D eigenvalue weighted by molar-refractivity contribution is 1.40. The maximum absolute atomic E-state index is 3.87. The Morgan fingerprint density at radius 1 is 1.60 bits per heavy atom. The van der Waals surface area contributed by atoms with E-state index in [2.05, 4.69) is 18.7 Å². The predicted molar refractivity (Wildman–Crippen MR) is 44.7 cm³/mol. The zero-order valence-corrected chi connectivity index (χ0v) is 6.44. The lowest BCUT2D eigenvalue weighted by Crippen LogP contribution is -1.82. The SMILES string of the molecule is C=C(C)c1ccc[c]c1C. The van der Waals surface area contributed by atoms with Crippen molar-refractivity contribution in [3.05, 3.63) is 42.0 Å². The summed E-state index contributed by atoms with van der Waals surface area (Å²) in [6, 6.07) is 9.09. The van der Waals surface area contributed by atoms with E-state index in [4.69, 9.17) is 0 Å². The molecule has 1 rings (SSSR count). The summed E-state index contributed by atoms with van der Waals surface area (Å²) < 4.78 is 0. The normalized spacial score (nSPS) is 9.40. The van der Waals surface area contributed by atoms with Crippen molar-refractivity contribution in [2.24, 2.45) is 0 Å². The maximum Gasteiger partial charge on any atom is -0.0146 e. The average Bonchev–Trinajstić information content (AvgIpc) is 1.88. The Balaban J connectivity index is 3.15. The Kier molecular flexibility index (Phi) is 1.91. The van der Waals surface area contributed by atoms with E-state index in [0.717, 1.165) is 5.57 Å². The van der Waals surface area contributed by atoms with Crippen LogP contribution in [0.3, 0.4) is 0 Å². The number of hydrogen-bond donors (Lipinski definition) is 0. The minimum Gasteiger partial charge on any atom is -0.0955 e. The van der Waals surface area contributed by atoms with Crippen molar-refractivity contribution in [2.45, 2.75) is 13.8 Å². The van der Waals surface area contributed by atoms with E-state index in [-0.39, 0.29) is 0 Å². The van der Waals surface area contributed by atoms with Gasteiger partial charge in [0.2, 0.25) is 0 Å². The van der Waals surface area contributed by atoms with Crippen molar-refractivity contribution in [3.8, 4) is 0 Å². The number of allylic oxidation sites excluding steroid dienone is 1. The van der Waals surface area contributed by atoms with Crippen LogP contribution in [0, 0.1) is 13.0 Å². The van der Waals surface area contributed by atoms with E-state index < -0.39 is 0 Å². The summed E-state index contributed by atoms with van der Waals surface area (Å²) in [4.78, 5) is 0. The molecule has 10 heavy (non-hydrogen) atoms. The molecule has 0 aromatic heterocycles. The van der Waals surface area contributed by atoms with Crippen LogP contribution in [0.1, 0.15) is 18.1 Å². The number of aryl methyl sites for hydroxylation is 1. The molecule has 0 aliphatic rings. The van der Waals surface area contributed by atoms with E-state index in [9.17, 15) is 0 Å². The Morgan fingerprint density at radius 3 is 2.70 bits per heavy atom. The fourth-order valence-electron chi connectivity index (χ4n) is 0.983. The highest BCUT2D eigenvalue weighted by molar-refractivity contribution is 5.63. The van der Waals surface area contributed by atoms with Crippen LogP contribution >= 0.6 is 0 Å². The first-order valence-electron chi connectivity index (χ1n) is 3.35. The van der Waals surface area contributed by atoms with Gasteiger partial charge in [0, 0.05) is 0 Å². The summed E-state index contributed by atoms with van der Waals surface area (Å²) in [5.74, 6) is 0. The summed E-state index contributed by atoms with van der Waals surface area (Å²) in [6.45, 7) is 7.92. The summed E-state index contributed by atoms with van der Waals surface area (Å²) in [5, 5.41) is 0. The Labute approximate surface area is 62.2 Å². The van der Waals surface area contributed by atoms with E-state index in [1.807, 2.05) is 26.0 Å². The van der Waals surface area contributed by atoms with Gasteiger partial charge < -0.3 is 0 Å². The van der Waals surface area contributed by atoms with Gasteiger partial charge in [-0.3, -0.25) is 0 Å². The summed E-state index contributed by atoms with van der Waals surface area (Å²) in [7, 11) is 0. The van der Waals surface area contributed by atoms with Crippen LogP contribution in [0.25, 0.3) is 5.57 Å². The fourth-order valence-corrected chi connectivity index (χ4v) is 0.983. The first-order chi connectivity index (χ1) is 4.72. The van der Waals surface area contributed by atoms with Crippen molar-refractivity contribution in [2.75, 3.05) is 0 Å². The molecule has 0 fully saturated rings. The van der Waals surface area contributed by atoms with Gasteiger partial charge in [-0.05, 0) is 31.0 Å². The second kappa shape index (κ2) is 2.70. The van der Waals surface area contributed by atoms with Gasteiger partial charge in [-0.2, -0.15) is 0 Å². The van der Waals surface area contributed by atoms with Crippen LogP contribution in [0.5, 0.6) is 0 Å². The van der Waals surface area contributed by atoms with Gasteiger partial charge in [-0.15, -0.1) is 0 Å². The van der Waals surface area contributed by atoms with Gasteiger partial charge >= 0.3 is 0 Å². The van der Waals surface area contributed by atoms with Crippen molar-refractivity contribution in [1.29, 1.82) is 0 Å². The molecule has 0 saturated carbocycles. The molecule has 0 heterocycles. The third-order valence-electron chi connectivity index (χ3n) is 1.52. The average molecular weight is 131 g/mol. The van der Waals surface area contributed by atoms with Crippen molar-refractivity contribution in [3.63, 3.8) is 0 Å². The fraction of sp³-hybridized carbons (Fsp3) is 0.200. The quantitative estimate of drug-likeness (QED) is 0.549. The van der Waals surface area contributed by atoms with E-state index >= 15 is 0 Å². The summed E-state index contributed by atoms with van der Waals surface area (Å²) >= 11 is 0. The molecule has 0 aliphatic heterocycles. The lowest BCUT2D eigenvalue weighted by Gasteiger charge is -2.01. The molecule has 0 spiro atoms. The largest absolute Gasteiger partial charge is 0.0955 e. The second-order valence-electron chi connectivity index (χ2n) is 2.49. The molecular weight excluding hydrogens is 120 g/mol. The van der Waals surface area contributed by atoms with Crippen molar-refractivity contribution in [1.82, 2.24) is 0 Å². The zero-order chi connectivity index (χ0) is 7.56. The van der Waals surface area contributed by atoms with Crippen LogP contribution in [-0.4, -0.2) is 0 Å².